The summed E-state index contributed by atoms with van der Waals surface area (Å²) in [6.45, 7) is 0. The lowest BCUT2D eigenvalue weighted by atomic mass is 9.85. The molecule has 0 bridgehead atoms. The average molecular weight is 383 g/mol. The van der Waals surface area contributed by atoms with Crippen molar-refractivity contribution < 1.29 is 18.0 Å². The van der Waals surface area contributed by atoms with E-state index < -0.39 is 27.8 Å². The lowest BCUT2D eigenvalue weighted by molar-refractivity contribution is -0.122. The molecule has 1 heterocycles. The molecule has 2 aliphatic rings. The molecule has 2 amide bonds. The molecule has 1 aromatic carbocycles. The molecule has 0 aromatic heterocycles. The molecule has 4 N–H and O–H groups in total. The second kappa shape index (κ2) is 6.16. The van der Waals surface area contributed by atoms with Gasteiger partial charge in [0.25, 0.3) is 10.0 Å². The Balaban J connectivity index is 1.90. The van der Waals surface area contributed by atoms with E-state index in [2.05, 4.69) is 4.40 Å². The summed E-state index contributed by atoms with van der Waals surface area (Å²) in [5, 5.41) is 0.572. The first-order valence-electron chi connectivity index (χ1n) is 7.39. The van der Waals surface area contributed by atoms with Crippen LogP contribution in [0.1, 0.15) is 12.8 Å². The number of amides is 2. The lowest BCUT2D eigenvalue weighted by Gasteiger charge is -2.17. The maximum atomic E-state index is 12.6. The largest absolute Gasteiger partial charge is 0.369 e. The van der Waals surface area contributed by atoms with Crippen molar-refractivity contribution in [3.63, 3.8) is 0 Å². The first-order valence-corrected chi connectivity index (χ1v) is 9.21. The Morgan fingerprint density at radius 2 is 1.72 bits per heavy atom. The monoisotopic (exact) mass is 382 g/mol. The molecule has 0 radical (unpaired) electrons. The highest BCUT2D eigenvalue weighted by molar-refractivity contribution is 7.90. The number of carbonyl (C=O) groups excluding carboxylic acids is 2. The van der Waals surface area contributed by atoms with E-state index in [-0.39, 0.29) is 16.7 Å². The molecule has 3 rings (SSSR count). The van der Waals surface area contributed by atoms with Crippen molar-refractivity contribution in [1.29, 1.82) is 0 Å². The Bertz CT molecular complexity index is 904. The van der Waals surface area contributed by atoms with Crippen LogP contribution in [0.3, 0.4) is 0 Å². The Labute approximate surface area is 149 Å². The Morgan fingerprint density at radius 3 is 2.32 bits per heavy atom. The van der Waals surface area contributed by atoms with Crippen LogP contribution in [0.5, 0.6) is 0 Å². The second-order valence-corrected chi connectivity index (χ2v) is 7.89. The minimum absolute atomic E-state index is 0.147. The zero-order valence-electron chi connectivity index (χ0n) is 12.9. The molecule has 1 aliphatic heterocycles. The quantitative estimate of drug-likeness (QED) is 0.448. The van der Waals surface area contributed by atoms with Gasteiger partial charge in [0.15, 0.2) is 0 Å². The van der Waals surface area contributed by atoms with Crippen molar-refractivity contribution in [1.82, 2.24) is 0 Å². The fraction of sp³-hybridized carbons (Fsp3) is 0.267. The summed E-state index contributed by atoms with van der Waals surface area (Å²) in [7, 11) is -4.03. The van der Waals surface area contributed by atoms with Gasteiger partial charge in [0.1, 0.15) is 0 Å². The van der Waals surface area contributed by atoms with Crippen LogP contribution < -0.4 is 16.4 Å². The number of rotatable bonds is 3. The molecule has 25 heavy (non-hydrogen) atoms. The molecular weight excluding hydrogens is 368 g/mol. The Morgan fingerprint density at radius 1 is 1.12 bits per heavy atom. The van der Waals surface area contributed by atoms with Crippen LogP contribution in [0.25, 0.3) is 0 Å². The van der Waals surface area contributed by atoms with E-state index in [0.717, 1.165) is 4.90 Å². The molecule has 2 atom stereocenters. The van der Waals surface area contributed by atoms with Gasteiger partial charge in [-0.15, -0.1) is 4.40 Å². The first kappa shape index (κ1) is 17.4. The number of benzene rings is 1. The van der Waals surface area contributed by atoms with Crippen molar-refractivity contribution in [3.8, 4) is 0 Å². The number of hydrogen-bond acceptors (Lipinski definition) is 4. The molecule has 132 valence electrons. The summed E-state index contributed by atoms with van der Waals surface area (Å²) in [5.41, 5.74) is 10.5. The van der Waals surface area contributed by atoms with Crippen molar-refractivity contribution in [2.45, 2.75) is 17.7 Å². The van der Waals surface area contributed by atoms with Gasteiger partial charge in [-0.1, -0.05) is 17.7 Å². The summed E-state index contributed by atoms with van der Waals surface area (Å²) in [4.78, 5) is 26.0. The van der Waals surface area contributed by atoms with Gasteiger partial charge in [-0.3, -0.25) is 14.5 Å². The predicted molar refractivity (Wildman–Crippen MR) is 92.1 cm³/mol. The molecule has 1 aromatic rings. The van der Waals surface area contributed by atoms with Crippen LogP contribution >= 0.6 is 11.6 Å². The van der Waals surface area contributed by atoms with Crippen molar-refractivity contribution in [2.24, 2.45) is 27.7 Å². The van der Waals surface area contributed by atoms with Gasteiger partial charge in [-0.25, -0.2) is 0 Å². The van der Waals surface area contributed by atoms with E-state index in [4.69, 9.17) is 23.1 Å². The second-order valence-electron chi connectivity index (χ2n) is 5.80. The normalized spacial score (nSPS) is 23.2. The zero-order valence-corrected chi connectivity index (χ0v) is 14.5. The van der Waals surface area contributed by atoms with Crippen LogP contribution in [0.15, 0.2) is 44.7 Å². The first-order chi connectivity index (χ1) is 11.7. The smallest absolute Gasteiger partial charge is 0.285 e. The van der Waals surface area contributed by atoms with Gasteiger partial charge in [-0.2, -0.15) is 8.42 Å². The summed E-state index contributed by atoms with van der Waals surface area (Å²) >= 11 is 5.98. The summed E-state index contributed by atoms with van der Waals surface area (Å²) in [5.74, 6) is -2.13. The predicted octanol–water partition coefficient (Wildman–Crippen LogP) is 0.671. The maximum absolute atomic E-state index is 12.6. The molecule has 0 unspecified atom stereocenters. The number of guanidine groups is 1. The van der Waals surface area contributed by atoms with Crippen LogP contribution in [0, 0.1) is 11.8 Å². The minimum Gasteiger partial charge on any atom is -0.369 e. The van der Waals surface area contributed by atoms with E-state index in [1.807, 2.05) is 0 Å². The SMILES string of the molecule is NC(N)=NS(=O)(=O)c1ccc(N2C(=O)[C@H]3CC(Cl)=CC[C@H]3C2=O)cc1. The third-order valence-electron chi connectivity index (χ3n) is 4.19. The number of imide groups is 1. The molecule has 8 nitrogen and oxygen atoms in total. The lowest BCUT2D eigenvalue weighted by Crippen LogP contribution is -2.30. The van der Waals surface area contributed by atoms with E-state index in [9.17, 15) is 18.0 Å². The van der Waals surface area contributed by atoms with Gasteiger partial charge in [0, 0.05) is 5.03 Å². The van der Waals surface area contributed by atoms with E-state index in [0.29, 0.717) is 23.6 Å². The van der Waals surface area contributed by atoms with Gasteiger partial charge >= 0.3 is 0 Å². The number of sulfonamides is 1. The van der Waals surface area contributed by atoms with Crippen LogP contribution in [-0.4, -0.2) is 26.2 Å². The van der Waals surface area contributed by atoms with E-state index >= 15 is 0 Å². The van der Waals surface area contributed by atoms with Gasteiger partial charge in [0.05, 0.1) is 22.4 Å². The van der Waals surface area contributed by atoms with E-state index in [1.54, 1.807) is 6.08 Å². The Hall–Kier alpha value is -2.39. The third-order valence-corrected chi connectivity index (χ3v) is 5.82. The fourth-order valence-electron chi connectivity index (χ4n) is 3.04. The zero-order chi connectivity index (χ0) is 18.4. The van der Waals surface area contributed by atoms with Crippen molar-refractivity contribution in [3.05, 3.63) is 35.4 Å². The number of allylic oxidation sites excluding steroid dienone is 2. The van der Waals surface area contributed by atoms with Gasteiger partial charge < -0.3 is 11.5 Å². The van der Waals surface area contributed by atoms with Crippen LogP contribution in [0.2, 0.25) is 0 Å². The summed E-state index contributed by atoms with van der Waals surface area (Å²) in [6.07, 6.45) is 2.51. The van der Waals surface area contributed by atoms with Crippen LogP contribution in [-0.2, 0) is 19.6 Å². The summed E-state index contributed by atoms with van der Waals surface area (Å²) in [6, 6.07) is 5.23. The number of nitrogens with zero attached hydrogens (tertiary/aromatic N) is 2. The molecule has 1 aliphatic carbocycles. The average Bonchev–Trinajstić information content (AvgIpc) is 2.77. The standard InChI is InChI=1S/C15H15ClN4O4S/c16-8-1-6-11-12(7-8)14(22)20(13(11)21)9-2-4-10(5-3-9)25(23,24)19-15(17)18/h1-5,11-12H,6-7H2,(H4,17,18,19)/t11-,12+/m1/s1. The number of carbonyl (C=O) groups is 2. The fourth-order valence-corrected chi connectivity index (χ4v) is 4.16. The molecule has 0 saturated carbocycles. The van der Waals surface area contributed by atoms with Crippen LogP contribution in [0.4, 0.5) is 5.69 Å². The molecular formula is C15H15ClN4O4S. The molecule has 1 fully saturated rings. The molecule has 0 spiro atoms. The maximum Gasteiger partial charge on any atom is 0.285 e. The summed E-state index contributed by atoms with van der Waals surface area (Å²) < 4.78 is 27.0. The van der Waals surface area contributed by atoms with Crippen molar-refractivity contribution >= 4 is 45.1 Å². The highest BCUT2D eigenvalue weighted by Crippen LogP contribution is 2.40. The highest BCUT2D eigenvalue weighted by Gasteiger charge is 2.48. The molecule has 1 saturated heterocycles. The topological polar surface area (TPSA) is 136 Å². The number of anilines is 1. The number of halogens is 1. The Kier molecular flexibility index (Phi) is 4.29. The minimum atomic E-state index is -4.03. The van der Waals surface area contributed by atoms with E-state index in [1.165, 1.54) is 24.3 Å². The number of hydrogen-bond donors (Lipinski definition) is 2. The van der Waals surface area contributed by atoms with Gasteiger partial charge in [-0.05, 0) is 37.1 Å². The highest BCUT2D eigenvalue weighted by atomic mass is 35.5. The number of fused-ring (bicyclic) bond motifs is 1. The number of nitrogens with two attached hydrogens (primary N) is 2. The van der Waals surface area contributed by atoms with Gasteiger partial charge in [0.2, 0.25) is 17.8 Å². The van der Waals surface area contributed by atoms with Crippen molar-refractivity contribution in [2.75, 3.05) is 4.90 Å². The third kappa shape index (κ3) is 3.12. The molecule has 10 heteroatoms.